The molecule has 1 N–H and O–H groups in total. The molecule has 0 aromatic rings. The molecule has 5 nitrogen and oxygen atoms in total. The molecule has 1 amide bonds. The van der Waals surface area contributed by atoms with Crippen molar-refractivity contribution in [3.8, 4) is 0 Å². The van der Waals surface area contributed by atoms with Crippen LogP contribution in [0, 0.1) is 5.92 Å². The molecular weight excluding hydrogens is 290 g/mol. The summed E-state index contributed by atoms with van der Waals surface area (Å²) in [5.74, 6) is 0.138. The number of nitrogens with zero attached hydrogens (tertiary/aromatic N) is 1. The summed E-state index contributed by atoms with van der Waals surface area (Å²) in [6.45, 7) is 3.37. The van der Waals surface area contributed by atoms with E-state index in [-0.39, 0.29) is 18.1 Å². The Balaban J connectivity index is 1.75. The van der Waals surface area contributed by atoms with E-state index >= 15 is 0 Å². The lowest BCUT2D eigenvalue weighted by molar-refractivity contribution is -0.148. The molecule has 21 heavy (non-hydrogen) atoms. The summed E-state index contributed by atoms with van der Waals surface area (Å²) >= 11 is 1.61. The fraction of sp³-hybridized carbons (Fsp3) is 0.867. The van der Waals surface area contributed by atoms with E-state index in [0.29, 0.717) is 18.7 Å². The standard InChI is InChI=1S/C15H25NO4S/c1-11-13(15(18)19)6-4-7-16(11)14(17)10-21-9-12-5-2-3-8-20-12/h11-13H,2-10H2,1H3,(H,18,19)/t11-,12?,13-/m1/s1. The van der Waals surface area contributed by atoms with Gasteiger partial charge in [-0.3, -0.25) is 9.59 Å². The minimum Gasteiger partial charge on any atom is -0.481 e. The van der Waals surface area contributed by atoms with Gasteiger partial charge in [0, 0.05) is 24.9 Å². The highest BCUT2D eigenvalue weighted by Gasteiger charge is 2.35. The van der Waals surface area contributed by atoms with Crippen molar-refractivity contribution in [2.75, 3.05) is 24.7 Å². The number of hydrogen-bond acceptors (Lipinski definition) is 4. The van der Waals surface area contributed by atoms with Crippen LogP contribution in [-0.2, 0) is 14.3 Å². The third-order valence-corrected chi connectivity index (χ3v) is 5.49. The molecule has 3 atom stereocenters. The Bertz CT molecular complexity index is 371. The van der Waals surface area contributed by atoms with E-state index in [9.17, 15) is 14.7 Å². The van der Waals surface area contributed by atoms with Crippen LogP contribution < -0.4 is 0 Å². The first-order valence-corrected chi connectivity index (χ1v) is 8.96. The third kappa shape index (κ3) is 4.61. The van der Waals surface area contributed by atoms with Crippen LogP contribution >= 0.6 is 11.8 Å². The van der Waals surface area contributed by atoms with E-state index in [1.165, 1.54) is 6.42 Å². The SMILES string of the molecule is C[C@@H]1[C@H](C(=O)O)CCCN1C(=O)CSCC1CCCCO1. The number of piperidine rings is 1. The van der Waals surface area contributed by atoms with Crippen molar-refractivity contribution in [3.63, 3.8) is 0 Å². The molecule has 2 rings (SSSR count). The van der Waals surface area contributed by atoms with Crippen LogP contribution in [0.15, 0.2) is 0 Å². The van der Waals surface area contributed by atoms with Gasteiger partial charge in [-0.15, -0.1) is 11.8 Å². The monoisotopic (exact) mass is 315 g/mol. The Hall–Kier alpha value is -0.750. The average molecular weight is 315 g/mol. The predicted octanol–water partition coefficient (Wildman–Crippen LogP) is 2.00. The molecule has 0 aromatic carbocycles. The van der Waals surface area contributed by atoms with E-state index in [0.717, 1.165) is 31.6 Å². The molecule has 0 aliphatic carbocycles. The van der Waals surface area contributed by atoms with E-state index in [2.05, 4.69) is 0 Å². The van der Waals surface area contributed by atoms with Gasteiger partial charge >= 0.3 is 5.97 Å². The van der Waals surface area contributed by atoms with Gasteiger partial charge in [0.2, 0.25) is 5.91 Å². The lowest BCUT2D eigenvalue weighted by Crippen LogP contribution is -2.49. The molecule has 0 spiro atoms. The zero-order valence-corrected chi connectivity index (χ0v) is 13.4. The smallest absolute Gasteiger partial charge is 0.308 e. The molecule has 0 radical (unpaired) electrons. The summed E-state index contributed by atoms with van der Waals surface area (Å²) in [7, 11) is 0. The van der Waals surface area contributed by atoms with Crippen LogP contribution in [0.4, 0.5) is 0 Å². The first-order chi connectivity index (χ1) is 10.1. The Kier molecular flexibility index (Phi) is 6.36. The highest BCUT2D eigenvalue weighted by molar-refractivity contribution is 7.99. The molecule has 6 heteroatoms. The second-order valence-electron chi connectivity index (χ2n) is 5.92. The third-order valence-electron chi connectivity index (χ3n) is 4.43. The summed E-state index contributed by atoms with van der Waals surface area (Å²) in [5, 5.41) is 9.19. The molecular formula is C15H25NO4S. The Labute approximate surface area is 130 Å². The summed E-state index contributed by atoms with van der Waals surface area (Å²) < 4.78 is 5.65. The number of amides is 1. The summed E-state index contributed by atoms with van der Waals surface area (Å²) in [6, 6.07) is -0.199. The number of thioether (sulfide) groups is 1. The van der Waals surface area contributed by atoms with Gasteiger partial charge < -0.3 is 14.7 Å². The maximum absolute atomic E-state index is 12.3. The molecule has 2 saturated heterocycles. The lowest BCUT2D eigenvalue weighted by atomic mass is 9.90. The fourth-order valence-electron chi connectivity index (χ4n) is 3.12. The van der Waals surface area contributed by atoms with E-state index < -0.39 is 11.9 Å². The number of carboxylic acids is 1. The second kappa shape index (κ2) is 8.03. The normalized spacial score (nSPS) is 30.1. The van der Waals surface area contributed by atoms with Gasteiger partial charge in [0.1, 0.15) is 0 Å². The van der Waals surface area contributed by atoms with Crippen LogP contribution in [0.1, 0.15) is 39.0 Å². The molecule has 2 heterocycles. The number of carbonyl (C=O) groups excluding carboxylic acids is 1. The van der Waals surface area contributed by atoms with Crippen molar-refractivity contribution in [1.29, 1.82) is 0 Å². The number of rotatable bonds is 5. The molecule has 0 saturated carbocycles. The van der Waals surface area contributed by atoms with Gasteiger partial charge in [-0.1, -0.05) is 0 Å². The van der Waals surface area contributed by atoms with Gasteiger partial charge in [-0.05, 0) is 39.0 Å². The van der Waals surface area contributed by atoms with Crippen molar-refractivity contribution < 1.29 is 19.4 Å². The Morgan fingerprint density at radius 1 is 1.29 bits per heavy atom. The van der Waals surface area contributed by atoms with E-state index in [1.54, 1.807) is 16.7 Å². The van der Waals surface area contributed by atoms with Gasteiger partial charge in [-0.2, -0.15) is 0 Å². The minimum atomic E-state index is -0.789. The average Bonchev–Trinajstić information content (AvgIpc) is 2.48. The molecule has 0 bridgehead atoms. The van der Waals surface area contributed by atoms with Crippen molar-refractivity contribution in [3.05, 3.63) is 0 Å². The summed E-state index contributed by atoms with van der Waals surface area (Å²) in [5.41, 5.74) is 0. The highest BCUT2D eigenvalue weighted by atomic mass is 32.2. The number of hydrogen-bond donors (Lipinski definition) is 1. The number of carboxylic acid groups (broad SMARTS) is 1. The van der Waals surface area contributed by atoms with Crippen LogP contribution in [0.3, 0.4) is 0 Å². The molecule has 2 aliphatic rings. The second-order valence-corrected chi connectivity index (χ2v) is 6.95. The van der Waals surface area contributed by atoms with Gasteiger partial charge in [0.05, 0.1) is 17.8 Å². The Morgan fingerprint density at radius 2 is 2.10 bits per heavy atom. The fourth-order valence-corrected chi connectivity index (χ4v) is 4.11. The highest BCUT2D eigenvalue weighted by Crippen LogP contribution is 2.25. The molecule has 1 unspecified atom stereocenters. The van der Waals surface area contributed by atoms with E-state index in [4.69, 9.17) is 4.74 Å². The van der Waals surface area contributed by atoms with Gasteiger partial charge in [0.15, 0.2) is 0 Å². The maximum atomic E-state index is 12.3. The molecule has 0 aromatic heterocycles. The molecule has 120 valence electrons. The minimum absolute atomic E-state index is 0.0641. The van der Waals surface area contributed by atoms with Crippen molar-refractivity contribution in [2.45, 2.75) is 51.2 Å². The molecule has 2 fully saturated rings. The largest absolute Gasteiger partial charge is 0.481 e. The van der Waals surface area contributed by atoms with Crippen LogP contribution in [0.25, 0.3) is 0 Å². The number of aliphatic carboxylic acids is 1. The van der Waals surface area contributed by atoms with Crippen LogP contribution in [0.2, 0.25) is 0 Å². The zero-order valence-electron chi connectivity index (χ0n) is 12.6. The topological polar surface area (TPSA) is 66.8 Å². The quantitative estimate of drug-likeness (QED) is 0.840. The predicted molar refractivity (Wildman–Crippen MR) is 82.5 cm³/mol. The first-order valence-electron chi connectivity index (χ1n) is 7.81. The van der Waals surface area contributed by atoms with Gasteiger partial charge in [0.25, 0.3) is 0 Å². The van der Waals surface area contributed by atoms with Crippen LogP contribution in [-0.4, -0.2) is 58.7 Å². The number of carbonyl (C=O) groups is 2. The summed E-state index contributed by atoms with van der Waals surface area (Å²) in [4.78, 5) is 25.2. The van der Waals surface area contributed by atoms with E-state index in [1.807, 2.05) is 6.92 Å². The van der Waals surface area contributed by atoms with Crippen molar-refractivity contribution in [1.82, 2.24) is 4.90 Å². The van der Waals surface area contributed by atoms with Crippen molar-refractivity contribution >= 4 is 23.6 Å². The first kappa shape index (κ1) is 16.6. The van der Waals surface area contributed by atoms with Gasteiger partial charge in [-0.25, -0.2) is 0 Å². The Morgan fingerprint density at radius 3 is 2.76 bits per heavy atom. The zero-order chi connectivity index (χ0) is 15.2. The lowest BCUT2D eigenvalue weighted by Gasteiger charge is -2.37. The van der Waals surface area contributed by atoms with Crippen LogP contribution in [0.5, 0.6) is 0 Å². The number of ether oxygens (including phenoxy) is 1. The van der Waals surface area contributed by atoms with Crippen molar-refractivity contribution in [2.24, 2.45) is 5.92 Å². The number of likely N-dealkylation sites (tertiary alicyclic amines) is 1. The summed E-state index contributed by atoms with van der Waals surface area (Å²) in [6.07, 6.45) is 5.17. The molecule has 2 aliphatic heterocycles. The maximum Gasteiger partial charge on any atom is 0.308 e.